The molecule has 1 aliphatic rings. The van der Waals surface area contributed by atoms with Crippen LogP contribution in [0.15, 0.2) is 0 Å². The number of quaternary nitrogens is 1. The van der Waals surface area contributed by atoms with Gasteiger partial charge in [0.1, 0.15) is 0 Å². The van der Waals surface area contributed by atoms with Crippen molar-refractivity contribution in [3.8, 4) is 0 Å². The molecule has 1 fully saturated rings. The minimum absolute atomic E-state index is 0. The van der Waals surface area contributed by atoms with E-state index in [0.29, 0.717) is 0 Å². The van der Waals surface area contributed by atoms with E-state index < -0.39 is 36.8 Å². The van der Waals surface area contributed by atoms with Gasteiger partial charge in [0.2, 0.25) is 0 Å². The molecule has 0 unspecified atom stereocenters. The SMILES string of the molecule is Cl.F.FC1(F)CCC[N+](F)(F)CC1. The molecule has 1 nitrogen and oxygen atoms in total. The van der Waals surface area contributed by atoms with Crippen LogP contribution in [0.2, 0.25) is 0 Å². The molecule has 0 N–H and O–H groups in total. The summed E-state index contributed by atoms with van der Waals surface area (Å²) >= 11 is 0. The van der Waals surface area contributed by atoms with Crippen LogP contribution < -0.4 is 0 Å². The van der Waals surface area contributed by atoms with Crippen LogP contribution in [0.25, 0.3) is 0 Å². The molecule has 1 aliphatic heterocycles. The van der Waals surface area contributed by atoms with E-state index in [-0.39, 0.29) is 23.5 Å². The van der Waals surface area contributed by atoms with Gasteiger partial charge in [-0.15, -0.1) is 12.4 Å². The predicted molar refractivity (Wildman–Crippen MR) is 40.8 cm³/mol. The monoisotopic (exact) mass is 228 g/mol. The highest BCUT2D eigenvalue weighted by Gasteiger charge is 2.41. The third-order valence-corrected chi connectivity index (χ3v) is 1.83. The molecule has 0 radical (unpaired) electrons. The fourth-order valence-electron chi connectivity index (χ4n) is 1.13. The van der Waals surface area contributed by atoms with Crippen molar-refractivity contribution in [2.24, 2.45) is 0 Å². The molecule has 0 aromatic rings. The summed E-state index contributed by atoms with van der Waals surface area (Å²) in [6.07, 6.45) is -1.19. The average molecular weight is 229 g/mol. The van der Waals surface area contributed by atoms with E-state index in [0.717, 1.165) is 0 Å². The summed E-state index contributed by atoms with van der Waals surface area (Å²) in [5.74, 6) is -2.88. The Balaban J connectivity index is 0. The molecule has 1 rings (SSSR count). The van der Waals surface area contributed by atoms with Gasteiger partial charge in [-0.1, -0.05) is 0 Å². The second-order valence-corrected chi connectivity index (χ2v) is 2.92. The molecule has 0 bridgehead atoms. The molecule has 0 spiro atoms. The van der Waals surface area contributed by atoms with Crippen LogP contribution in [0.4, 0.5) is 22.4 Å². The maximum absolute atomic E-state index is 12.5. The fourth-order valence-corrected chi connectivity index (χ4v) is 1.13. The first-order chi connectivity index (χ1) is 4.91. The highest BCUT2D eigenvalue weighted by atomic mass is 35.5. The maximum atomic E-state index is 12.5. The molecular formula is C6H12ClF5N+. The van der Waals surface area contributed by atoms with Crippen LogP contribution in [0.3, 0.4) is 0 Å². The number of hydrogen-bond donors (Lipinski definition) is 0. The number of nitrogens with zero attached hydrogens (tertiary/aromatic N) is 1. The maximum Gasteiger partial charge on any atom is 0.254 e. The lowest BCUT2D eigenvalue weighted by Gasteiger charge is -2.11. The minimum atomic E-state index is -2.88. The van der Waals surface area contributed by atoms with Crippen molar-refractivity contribution in [1.29, 1.82) is 0 Å². The highest BCUT2D eigenvalue weighted by molar-refractivity contribution is 5.85. The Labute approximate surface area is 78.9 Å². The molecule has 82 valence electrons. The Morgan fingerprint density at radius 2 is 1.54 bits per heavy atom. The number of alkyl halides is 2. The van der Waals surface area contributed by atoms with Gasteiger partial charge in [-0.3, -0.25) is 4.70 Å². The summed E-state index contributed by atoms with van der Waals surface area (Å²) in [6, 6.07) is 0. The summed E-state index contributed by atoms with van der Waals surface area (Å²) in [6.45, 7) is -1.18. The molecule has 0 aromatic heterocycles. The zero-order valence-electron chi connectivity index (χ0n) is 6.81. The smallest absolute Gasteiger partial charge is 0.254 e. The van der Waals surface area contributed by atoms with Crippen LogP contribution in [-0.4, -0.2) is 23.9 Å². The predicted octanol–water partition coefficient (Wildman–Crippen LogP) is 2.97. The molecule has 0 aliphatic carbocycles. The van der Waals surface area contributed by atoms with E-state index >= 15 is 0 Å². The van der Waals surface area contributed by atoms with Crippen molar-refractivity contribution in [2.75, 3.05) is 13.1 Å². The molecule has 13 heavy (non-hydrogen) atoms. The molecule has 1 heterocycles. The molecule has 0 aromatic carbocycles. The van der Waals surface area contributed by atoms with Crippen molar-refractivity contribution in [3.05, 3.63) is 0 Å². The normalized spacial score (nSPS) is 24.9. The molecule has 0 atom stereocenters. The fraction of sp³-hybridized carbons (Fsp3) is 1.00. The van der Waals surface area contributed by atoms with Gasteiger partial charge in [0.25, 0.3) is 5.92 Å². The first kappa shape index (κ1) is 15.4. The lowest BCUT2D eigenvalue weighted by molar-refractivity contribution is -1.17. The van der Waals surface area contributed by atoms with Gasteiger partial charge in [-0.25, -0.2) is 8.78 Å². The van der Waals surface area contributed by atoms with Gasteiger partial charge >= 0.3 is 0 Å². The number of hydrogen-bond acceptors (Lipinski definition) is 0. The van der Waals surface area contributed by atoms with Crippen molar-refractivity contribution in [1.82, 2.24) is 0 Å². The molecule has 7 heteroatoms. The van der Waals surface area contributed by atoms with E-state index in [1.54, 1.807) is 0 Å². The summed E-state index contributed by atoms with van der Waals surface area (Å²) in [5, 5.41) is 0. The van der Waals surface area contributed by atoms with Crippen molar-refractivity contribution >= 4 is 12.4 Å². The number of rotatable bonds is 0. The quantitative estimate of drug-likeness (QED) is 0.442. The van der Waals surface area contributed by atoms with Gasteiger partial charge in [0.15, 0.2) is 13.1 Å². The van der Waals surface area contributed by atoms with Gasteiger partial charge in [-0.2, -0.15) is 0 Å². The van der Waals surface area contributed by atoms with Crippen molar-refractivity contribution < 1.29 is 27.4 Å². The first-order valence-corrected chi connectivity index (χ1v) is 3.56. The average Bonchev–Trinajstić information content (AvgIpc) is 1.92. The molecule has 1 saturated heterocycles. The van der Waals surface area contributed by atoms with Crippen LogP contribution in [-0.2, 0) is 0 Å². The third-order valence-electron chi connectivity index (χ3n) is 1.83. The first-order valence-electron chi connectivity index (χ1n) is 3.56. The van der Waals surface area contributed by atoms with Gasteiger partial charge in [0.05, 0.1) is 11.3 Å². The van der Waals surface area contributed by atoms with E-state index in [1.807, 2.05) is 0 Å². The molecule has 0 saturated carbocycles. The molecule has 0 amide bonds. The van der Waals surface area contributed by atoms with E-state index in [2.05, 4.69) is 0 Å². The largest absolute Gasteiger partial charge is 0.269 e. The minimum Gasteiger partial charge on any atom is -0.269 e. The third kappa shape index (κ3) is 5.25. The van der Waals surface area contributed by atoms with Gasteiger partial charge < -0.3 is 0 Å². The topological polar surface area (TPSA) is 0 Å². The summed E-state index contributed by atoms with van der Waals surface area (Å²) in [7, 11) is 0. The van der Waals surface area contributed by atoms with Crippen molar-refractivity contribution in [2.45, 2.75) is 25.2 Å². The van der Waals surface area contributed by atoms with Gasteiger partial charge in [-0.05, 0) is 0 Å². The van der Waals surface area contributed by atoms with E-state index in [4.69, 9.17) is 0 Å². The zero-order chi connectivity index (χ0) is 8.54. The van der Waals surface area contributed by atoms with Crippen LogP contribution >= 0.6 is 12.4 Å². The second kappa shape index (κ2) is 4.95. The van der Waals surface area contributed by atoms with Crippen molar-refractivity contribution in [3.63, 3.8) is 0 Å². The Morgan fingerprint density at radius 3 is 2.08 bits per heavy atom. The summed E-state index contributed by atoms with van der Waals surface area (Å²) in [5.41, 5.74) is 0. The summed E-state index contributed by atoms with van der Waals surface area (Å²) in [4.78, 5) is -2.25. The van der Waals surface area contributed by atoms with E-state index in [1.165, 1.54) is 0 Å². The second-order valence-electron chi connectivity index (χ2n) is 2.92. The number of halogens is 6. The van der Waals surface area contributed by atoms with Crippen LogP contribution in [0.1, 0.15) is 19.3 Å². The highest BCUT2D eigenvalue weighted by Crippen LogP contribution is 2.31. The zero-order valence-corrected chi connectivity index (χ0v) is 7.63. The summed E-state index contributed by atoms with van der Waals surface area (Å²) < 4.78 is 49.8. The van der Waals surface area contributed by atoms with E-state index in [9.17, 15) is 17.7 Å². The van der Waals surface area contributed by atoms with Crippen LogP contribution in [0.5, 0.6) is 0 Å². The standard InChI is InChI=1S/C6H10F4N.ClH.FH/c7-6(8)2-1-4-11(9,10)5-3-6;;/h1-5H2;2*1H/q+1;;. The Bertz CT molecular complexity index is 136. The lowest BCUT2D eigenvalue weighted by Crippen LogP contribution is -2.31. The van der Waals surface area contributed by atoms with Crippen LogP contribution in [0, 0.1) is 0 Å². The lowest BCUT2D eigenvalue weighted by atomic mass is 10.1. The Morgan fingerprint density at radius 1 is 1.00 bits per heavy atom. The Kier molecular flexibility index (Phi) is 5.85. The molecular weight excluding hydrogens is 217 g/mol. The van der Waals surface area contributed by atoms with Gasteiger partial charge in [0, 0.05) is 21.8 Å². The Hall–Kier alpha value is -0.100.